The van der Waals surface area contributed by atoms with Gasteiger partial charge in [-0.1, -0.05) is 45.9 Å². The van der Waals surface area contributed by atoms with Gasteiger partial charge in [-0.05, 0) is 74.5 Å². The number of thioether (sulfide) groups is 1. The Morgan fingerprint density at radius 2 is 1.10 bits per heavy atom. The molecule has 18 N–H and O–H groups in total. The van der Waals surface area contributed by atoms with Crippen molar-refractivity contribution in [2.45, 2.75) is 128 Å². The molecule has 2 aliphatic rings. The first kappa shape index (κ1) is 85.9. The lowest BCUT2D eigenvalue weighted by molar-refractivity contribution is -0.140. The number of aliphatic carboxylic acids is 3. The van der Waals surface area contributed by atoms with E-state index in [1.54, 1.807) is 63.9 Å². The van der Waals surface area contributed by atoms with Gasteiger partial charge in [-0.2, -0.15) is 11.8 Å². The number of likely N-dealkylation sites (tertiary alicyclic amines) is 1. The number of nitrogens with two attached hydrogens (primary N) is 2. The predicted molar refractivity (Wildman–Crippen MR) is 382 cm³/mol. The highest BCUT2D eigenvalue weighted by atomic mass is 32.2. The van der Waals surface area contributed by atoms with Crippen molar-refractivity contribution in [2.75, 3.05) is 117 Å². The number of para-hydroxylation sites is 1. The van der Waals surface area contributed by atoms with E-state index in [-0.39, 0.29) is 149 Å². The Bertz CT molecular complexity index is 3450. The van der Waals surface area contributed by atoms with E-state index in [0.29, 0.717) is 27.9 Å². The standard InChI is InChI=1S/C67H103N19O18S/c1-39(2)27-49(65(102)77-47(60(69)97)15-26-105-6)79-66(103)51(29-44-31-70-38-74-44)76-53(88)32-73-67(104)59(40(3)4)81-61(98)41(5)75-64(101)50(28-43-30-71-46-10-8-7-9-45(43)46)80-63(100)48(11-12-52(68)87)78-62(99)42-13-16-86(17-14-42)55(90)33-72-54(89)34-82-18-20-83(35-56(91)92)22-24-85(37-58(95)96)25-23-84(21-19-82)36-57(93)94/h7-10,30-31,38-42,47-51,59,71H,11-29,32-37H2,1-6H3,(H2,68,87)(H2,69,97)(H,70,74)(H,72,89)(H,73,104)(H,75,101)(H,76,88)(H,77,102)(H,78,99)(H,79,103)(H,80,100)(H,81,98)(H,91,92)(H,93,94)(H,95,96)/t41-,47-,48-,49-,50-,51-,59-/m0/s1. The van der Waals surface area contributed by atoms with Gasteiger partial charge in [-0.15, -0.1) is 0 Å². The van der Waals surface area contributed by atoms with Gasteiger partial charge in [0.05, 0.1) is 51.3 Å². The molecule has 5 rings (SSSR count). The largest absolute Gasteiger partial charge is 0.480 e. The summed E-state index contributed by atoms with van der Waals surface area (Å²) in [6.45, 7) is 7.40. The molecule has 0 saturated carbocycles. The Kier molecular flexibility index (Phi) is 35.5. The van der Waals surface area contributed by atoms with Crippen LogP contribution >= 0.6 is 11.8 Å². The predicted octanol–water partition coefficient (Wildman–Crippen LogP) is -4.76. The quantitative estimate of drug-likeness (QED) is 0.0254. The maximum Gasteiger partial charge on any atom is 0.317 e. The molecule has 105 heavy (non-hydrogen) atoms. The zero-order valence-corrected chi connectivity index (χ0v) is 61.0. The van der Waals surface area contributed by atoms with Crippen molar-refractivity contribution >= 4 is 111 Å². The zero-order valence-electron chi connectivity index (χ0n) is 60.2. The van der Waals surface area contributed by atoms with Crippen molar-refractivity contribution in [1.29, 1.82) is 0 Å². The van der Waals surface area contributed by atoms with E-state index < -0.39 is 156 Å². The summed E-state index contributed by atoms with van der Waals surface area (Å²) in [5, 5.41) is 53.0. The minimum Gasteiger partial charge on any atom is -0.480 e. The first-order chi connectivity index (χ1) is 49.8. The molecule has 37 nitrogen and oxygen atoms in total. The van der Waals surface area contributed by atoms with Crippen LogP contribution in [0.15, 0.2) is 43.0 Å². The summed E-state index contributed by atoms with van der Waals surface area (Å²) in [5.41, 5.74) is 12.7. The van der Waals surface area contributed by atoms with Crippen molar-refractivity contribution in [3.05, 3.63) is 54.2 Å². The molecule has 2 aliphatic heterocycles. The molecule has 1 aromatic carbocycles. The molecule has 0 radical (unpaired) electrons. The van der Waals surface area contributed by atoms with Gasteiger partial charge >= 0.3 is 17.9 Å². The Morgan fingerprint density at radius 1 is 0.562 bits per heavy atom. The minimum absolute atomic E-state index is 0.0697. The van der Waals surface area contributed by atoms with Gasteiger partial charge in [0.2, 0.25) is 70.9 Å². The number of amides is 12. The fourth-order valence-corrected chi connectivity index (χ4v) is 12.3. The molecule has 0 bridgehead atoms. The van der Waals surface area contributed by atoms with Crippen LogP contribution in [-0.4, -0.2) is 303 Å². The Hall–Kier alpha value is -9.79. The molecule has 3 aromatic rings. The van der Waals surface area contributed by atoms with Crippen LogP contribution in [0.3, 0.4) is 0 Å². The first-order valence-electron chi connectivity index (χ1n) is 34.9. The number of carbonyl (C=O) groups is 15. The molecular formula is C67H103N19O18S. The van der Waals surface area contributed by atoms with Crippen LogP contribution < -0.4 is 59.3 Å². The van der Waals surface area contributed by atoms with Crippen LogP contribution in [0, 0.1) is 17.8 Å². The number of carboxylic acid groups (broad SMARTS) is 3. The van der Waals surface area contributed by atoms with E-state index in [4.69, 9.17) is 11.5 Å². The summed E-state index contributed by atoms with van der Waals surface area (Å²) in [4.78, 5) is 216. The number of primary amides is 2. The lowest BCUT2D eigenvalue weighted by Crippen LogP contribution is -2.59. The van der Waals surface area contributed by atoms with Gasteiger partial charge in [0.25, 0.3) is 0 Å². The van der Waals surface area contributed by atoms with Crippen molar-refractivity contribution in [1.82, 2.24) is 87.3 Å². The summed E-state index contributed by atoms with van der Waals surface area (Å²) in [5.74, 6) is -13.1. The number of nitrogens with zero attached hydrogens (tertiary/aromatic N) is 6. The van der Waals surface area contributed by atoms with Crippen molar-refractivity contribution in [2.24, 2.45) is 29.2 Å². The molecule has 0 spiro atoms. The number of aromatic amines is 2. The molecule has 38 heteroatoms. The normalized spacial score (nSPS) is 16.6. The molecule has 12 amide bonds. The van der Waals surface area contributed by atoms with Crippen LogP contribution in [0.4, 0.5) is 0 Å². The first-order valence-corrected chi connectivity index (χ1v) is 36.3. The van der Waals surface area contributed by atoms with Crippen LogP contribution in [-0.2, 0) is 84.8 Å². The fourth-order valence-electron chi connectivity index (χ4n) is 11.9. The van der Waals surface area contributed by atoms with E-state index in [0.717, 1.165) is 0 Å². The van der Waals surface area contributed by atoms with Crippen molar-refractivity contribution < 1.29 is 87.2 Å². The van der Waals surface area contributed by atoms with Crippen LogP contribution in [0.1, 0.15) is 84.4 Å². The lowest BCUT2D eigenvalue weighted by Gasteiger charge is -2.33. The number of carbonyl (C=O) groups excluding carboxylic acids is 12. The highest BCUT2D eigenvalue weighted by molar-refractivity contribution is 7.98. The Labute approximate surface area is 612 Å². The maximum atomic E-state index is 14.5. The number of hydrogen-bond donors (Lipinski definition) is 16. The second-order valence-corrected chi connectivity index (χ2v) is 27.9. The third kappa shape index (κ3) is 30.4. The third-order valence-corrected chi connectivity index (χ3v) is 18.4. The number of fused-ring (bicyclic) bond motifs is 1. The van der Waals surface area contributed by atoms with Gasteiger partial charge in [0.15, 0.2) is 0 Å². The van der Waals surface area contributed by atoms with Gasteiger partial charge in [-0.25, -0.2) is 4.98 Å². The smallest absolute Gasteiger partial charge is 0.317 e. The van der Waals surface area contributed by atoms with E-state index >= 15 is 0 Å². The number of carboxylic acids is 3. The molecule has 2 saturated heterocycles. The Balaban J connectivity index is 1.20. The number of piperidine rings is 1. The minimum atomic E-state index is -1.45. The molecular weight excluding hydrogens is 1390 g/mol. The topological polar surface area (TPSA) is 538 Å². The zero-order chi connectivity index (χ0) is 77.4. The van der Waals surface area contributed by atoms with E-state index in [2.05, 4.69) is 62.8 Å². The van der Waals surface area contributed by atoms with E-state index in [9.17, 15) is 87.2 Å². The number of imidazole rings is 1. The van der Waals surface area contributed by atoms with Crippen LogP contribution in [0.5, 0.6) is 0 Å². The molecule has 2 fully saturated rings. The van der Waals surface area contributed by atoms with Crippen LogP contribution in [0.2, 0.25) is 0 Å². The molecule has 0 aliphatic carbocycles. The van der Waals surface area contributed by atoms with Gasteiger partial charge in [0, 0.05) is 114 Å². The van der Waals surface area contributed by atoms with Gasteiger partial charge < -0.3 is 89.5 Å². The molecule has 2 aromatic heterocycles. The van der Waals surface area contributed by atoms with E-state index in [1.807, 2.05) is 20.1 Å². The molecule has 0 unspecified atom stereocenters. The molecule has 7 atom stereocenters. The average Bonchev–Trinajstić information content (AvgIpc) is 1.49. The van der Waals surface area contributed by atoms with Crippen LogP contribution in [0.25, 0.3) is 10.9 Å². The summed E-state index contributed by atoms with van der Waals surface area (Å²) < 4.78 is 0. The summed E-state index contributed by atoms with van der Waals surface area (Å²) >= 11 is 1.45. The summed E-state index contributed by atoms with van der Waals surface area (Å²) in [6, 6.07) is -1.89. The number of H-pyrrole nitrogens is 2. The number of rotatable bonds is 40. The monoisotopic (exact) mass is 1490 g/mol. The fraction of sp³-hybridized carbons (Fsp3) is 0.612. The maximum absolute atomic E-state index is 14.5. The summed E-state index contributed by atoms with van der Waals surface area (Å²) in [7, 11) is 0. The van der Waals surface area contributed by atoms with Crippen molar-refractivity contribution in [3.63, 3.8) is 0 Å². The highest BCUT2D eigenvalue weighted by Crippen LogP contribution is 2.21. The number of nitrogens with one attached hydrogen (secondary N) is 11. The lowest BCUT2D eigenvalue weighted by atomic mass is 9.95. The second kappa shape index (κ2) is 43.5. The molecule has 4 heterocycles. The summed E-state index contributed by atoms with van der Waals surface area (Å²) in [6.07, 6.45) is 6.01. The van der Waals surface area contributed by atoms with Gasteiger partial charge in [0.1, 0.15) is 42.3 Å². The number of hydrogen-bond acceptors (Lipinski definition) is 21. The molecule has 580 valence electrons. The van der Waals surface area contributed by atoms with E-state index in [1.165, 1.54) is 36.1 Å². The number of benzene rings is 1. The SMILES string of the molecule is CSCC[C@H](NC(=O)[C@H](CC(C)C)NC(=O)[C@H](Cc1c[nH]cn1)NC(=O)CNC(=O)[C@@H](NC(=O)[C@H](C)NC(=O)[C@H](Cc1c[nH]c2ccccc12)NC(=O)[C@H](CCC(N)=O)NC(=O)C1CCN(C(=O)CNC(=O)CN2CCN(CC(=O)O)CCN(CC(=O)O)CCN(CC(=O)O)CC2)CC1)C(C)C)C(N)=O. The Morgan fingerprint density at radius 3 is 1.63 bits per heavy atom. The van der Waals surface area contributed by atoms with Gasteiger partial charge in [-0.3, -0.25) is 91.5 Å². The van der Waals surface area contributed by atoms with Crippen molar-refractivity contribution in [3.8, 4) is 0 Å². The number of aromatic nitrogens is 3. The highest BCUT2D eigenvalue weighted by Gasteiger charge is 2.36. The third-order valence-electron chi connectivity index (χ3n) is 17.7. The average molecular weight is 1490 g/mol. The second-order valence-electron chi connectivity index (χ2n) is 26.9.